The van der Waals surface area contributed by atoms with E-state index < -0.39 is 0 Å². The van der Waals surface area contributed by atoms with Gasteiger partial charge in [-0.1, -0.05) is 61.2 Å². The number of amides is 1. The summed E-state index contributed by atoms with van der Waals surface area (Å²) in [4.78, 5) is 17.0. The maximum absolute atomic E-state index is 13.3. The Balaban J connectivity index is 1.45. The van der Waals surface area contributed by atoms with E-state index in [0.717, 1.165) is 21.8 Å². The van der Waals surface area contributed by atoms with E-state index in [1.807, 2.05) is 31.2 Å². The highest BCUT2D eigenvalue weighted by Crippen LogP contribution is 2.27. The first-order valence-electron chi connectivity index (χ1n) is 10.1. The minimum absolute atomic E-state index is 0.0266. The quantitative estimate of drug-likeness (QED) is 0.334. The summed E-state index contributed by atoms with van der Waals surface area (Å²) in [5.41, 5.74) is 4.39. The zero-order valence-corrected chi connectivity index (χ0v) is 18.2. The minimum atomic E-state index is -0.284. The number of nitrogens with zero attached hydrogens (tertiary/aromatic N) is 3. The molecule has 2 aromatic heterocycles. The maximum atomic E-state index is 13.3. The van der Waals surface area contributed by atoms with Crippen molar-refractivity contribution in [2.75, 3.05) is 12.3 Å². The average molecular weight is 435 g/mol. The molecule has 0 aliphatic carbocycles. The molecule has 158 valence electrons. The van der Waals surface area contributed by atoms with Crippen molar-refractivity contribution < 1.29 is 9.18 Å². The Morgan fingerprint density at radius 3 is 2.65 bits per heavy atom. The molecule has 0 saturated heterocycles. The summed E-state index contributed by atoms with van der Waals surface area (Å²) in [5, 5.41) is 8.30. The summed E-state index contributed by atoms with van der Waals surface area (Å²) in [5.74, 6) is 0.218. The molecule has 1 N–H and O–H groups in total. The van der Waals surface area contributed by atoms with Gasteiger partial charge in [0, 0.05) is 17.8 Å². The molecule has 0 fully saturated rings. The van der Waals surface area contributed by atoms with Crippen LogP contribution in [0, 0.1) is 12.7 Å². The number of benzene rings is 2. The zero-order valence-electron chi connectivity index (χ0n) is 17.4. The van der Waals surface area contributed by atoms with Gasteiger partial charge in [-0.3, -0.25) is 4.79 Å². The van der Waals surface area contributed by atoms with Crippen molar-refractivity contribution in [2.45, 2.75) is 24.8 Å². The number of hydrogen-bond donors (Lipinski definition) is 1. The molecular formula is C24H23FN4OS. The highest BCUT2D eigenvalue weighted by Gasteiger charge is 2.14. The predicted molar refractivity (Wildman–Crippen MR) is 122 cm³/mol. The molecule has 1 atom stereocenters. The molecule has 4 aromatic rings. The molecule has 1 amide bonds. The van der Waals surface area contributed by atoms with Crippen LogP contribution in [0.4, 0.5) is 4.39 Å². The number of aromatic nitrogens is 3. The summed E-state index contributed by atoms with van der Waals surface area (Å²) in [7, 11) is 0. The molecule has 0 saturated carbocycles. The first-order chi connectivity index (χ1) is 15.0. The zero-order chi connectivity index (χ0) is 21.8. The van der Waals surface area contributed by atoms with Gasteiger partial charge in [0.1, 0.15) is 10.8 Å². The fourth-order valence-corrected chi connectivity index (χ4v) is 4.23. The van der Waals surface area contributed by atoms with Gasteiger partial charge in [0.2, 0.25) is 5.91 Å². The topological polar surface area (TPSA) is 59.3 Å². The molecular weight excluding hydrogens is 411 g/mol. The number of thioether (sulfide) groups is 1. The van der Waals surface area contributed by atoms with Crippen molar-refractivity contribution in [1.29, 1.82) is 0 Å². The van der Waals surface area contributed by atoms with Crippen molar-refractivity contribution in [2.24, 2.45) is 0 Å². The van der Waals surface area contributed by atoms with Gasteiger partial charge < -0.3 is 5.32 Å². The van der Waals surface area contributed by atoms with Crippen LogP contribution in [0.1, 0.15) is 24.1 Å². The van der Waals surface area contributed by atoms with Crippen molar-refractivity contribution >= 4 is 23.3 Å². The van der Waals surface area contributed by atoms with Crippen LogP contribution in [-0.4, -0.2) is 32.8 Å². The average Bonchev–Trinajstić information content (AvgIpc) is 3.20. The summed E-state index contributed by atoms with van der Waals surface area (Å²) >= 11 is 1.42. The lowest BCUT2D eigenvalue weighted by atomic mass is 10.0. The van der Waals surface area contributed by atoms with Gasteiger partial charge in [-0.25, -0.2) is 13.9 Å². The Kier molecular flexibility index (Phi) is 6.32. The van der Waals surface area contributed by atoms with Crippen LogP contribution >= 0.6 is 11.8 Å². The van der Waals surface area contributed by atoms with Gasteiger partial charge in [0.15, 0.2) is 5.65 Å². The second kappa shape index (κ2) is 9.31. The van der Waals surface area contributed by atoms with Crippen molar-refractivity contribution in [3.8, 4) is 11.1 Å². The van der Waals surface area contributed by atoms with Gasteiger partial charge in [-0.15, -0.1) is 0 Å². The number of carbonyl (C=O) groups excluding carboxylic acids is 1. The fraction of sp³-hybridized carbons (Fsp3) is 0.208. The van der Waals surface area contributed by atoms with Gasteiger partial charge >= 0.3 is 0 Å². The monoisotopic (exact) mass is 434 g/mol. The minimum Gasteiger partial charge on any atom is -0.355 e. The van der Waals surface area contributed by atoms with Crippen LogP contribution in [0.3, 0.4) is 0 Å². The number of nitrogens with one attached hydrogen (secondary N) is 1. The molecule has 2 aromatic carbocycles. The molecule has 4 rings (SSSR count). The third-order valence-corrected chi connectivity index (χ3v) is 6.04. The van der Waals surface area contributed by atoms with Crippen molar-refractivity contribution in [3.05, 3.63) is 83.9 Å². The van der Waals surface area contributed by atoms with E-state index >= 15 is 0 Å². The smallest absolute Gasteiger partial charge is 0.230 e. The van der Waals surface area contributed by atoms with Crippen molar-refractivity contribution in [1.82, 2.24) is 19.9 Å². The molecule has 5 nitrogen and oxygen atoms in total. The van der Waals surface area contributed by atoms with E-state index in [9.17, 15) is 9.18 Å². The standard InChI is InChI=1S/C24H23FN4OS/c1-16(18-6-4-3-5-7-18)13-26-22(30)15-31-23-12-17(2)28-24-21(14-27-29(23)24)19-8-10-20(25)11-9-19/h3-12,14,16H,13,15H2,1-2H3,(H,26,30)/t16-/m0/s1. The lowest BCUT2D eigenvalue weighted by molar-refractivity contribution is -0.118. The Labute approximate surface area is 184 Å². The number of rotatable bonds is 7. The van der Waals surface area contributed by atoms with Gasteiger partial charge in [0.25, 0.3) is 0 Å². The highest BCUT2D eigenvalue weighted by atomic mass is 32.2. The van der Waals surface area contributed by atoms with Crippen LogP contribution < -0.4 is 5.32 Å². The Morgan fingerprint density at radius 2 is 1.90 bits per heavy atom. The summed E-state index contributed by atoms with van der Waals surface area (Å²) in [6.45, 7) is 4.59. The predicted octanol–water partition coefficient (Wildman–Crippen LogP) is 4.86. The molecule has 7 heteroatoms. The van der Waals surface area contributed by atoms with Gasteiger partial charge in [0.05, 0.1) is 11.9 Å². The Bertz CT molecular complexity index is 1190. The van der Waals surface area contributed by atoms with E-state index in [-0.39, 0.29) is 23.4 Å². The van der Waals surface area contributed by atoms with E-state index in [0.29, 0.717) is 12.2 Å². The van der Waals surface area contributed by atoms with Crippen molar-refractivity contribution in [3.63, 3.8) is 0 Å². The van der Waals surface area contributed by atoms with Gasteiger partial charge in [-0.05, 0) is 42.2 Å². The second-order valence-electron chi connectivity index (χ2n) is 7.44. The molecule has 0 radical (unpaired) electrons. The summed E-state index contributed by atoms with van der Waals surface area (Å²) in [6.07, 6.45) is 1.72. The van der Waals surface area contributed by atoms with Gasteiger partial charge in [-0.2, -0.15) is 5.10 Å². The van der Waals surface area contributed by atoms with Crippen LogP contribution in [-0.2, 0) is 4.79 Å². The molecule has 2 heterocycles. The van der Waals surface area contributed by atoms with E-state index in [1.165, 1.54) is 29.5 Å². The van der Waals surface area contributed by atoms with Crippen LogP contribution in [0.25, 0.3) is 16.8 Å². The molecule has 0 spiro atoms. The third-order valence-electron chi connectivity index (χ3n) is 5.05. The number of fused-ring (bicyclic) bond motifs is 1. The fourth-order valence-electron chi connectivity index (χ4n) is 3.34. The normalized spacial score (nSPS) is 12.1. The lowest BCUT2D eigenvalue weighted by Gasteiger charge is -2.13. The van der Waals surface area contributed by atoms with Crippen LogP contribution in [0.2, 0.25) is 0 Å². The first kappa shape index (κ1) is 21.1. The van der Waals surface area contributed by atoms with Crippen LogP contribution in [0.15, 0.2) is 71.9 Å². The molecule has 0 bridgehead atoms. The molecule has 31 heavy (non-hydrogen) atoms. The number of halogens is 1. The van der Waals surface area contributed by atoms with E-state index in [1.54, 1.807) is 22.8 Å². The van der Waals surface area contributed by atoms with E-state index in [4.69, 9.17) is 0 Å². The Hall–Kier alpha value is -3.19. The largest absolute Gasteiger partial charge is 0.355 e. The third kappa shape index (κ3) is 4.94. The SMILES string of the molecule is Cc1cc(SCC(=O)NC[C@H](C)c2ccccc2)n2ncc(-c3ccc(F)cc3)c2n1. The summed E-state index contributed by atoms with van der Waals surface area (Å²) < 4.78 is 15.0. The molecule has 0 aliphatic heterocycles. The number of aryl methyl sites for hydroxylation is 1. The molecule has 0 unspecified atom stereocenters. The Morgan fingerprint density at radius 1 is 1.16 bits per heavy atom. The number of carbonyl (C=O) groups is 1. The lowest BCUT2D eigenvalue weighted by Crippen LogP contribution is -2.29. The molecule has 0 aliphatic rings. The van der Waals surface area contributed by atoms with Crippen LogP contribution in [0.5, 0.6) is 0 Å². The number of hydrogen-bond acceptors (Lipinski definition) is 4. The summed E-state index contributed by atoms with van der Waals surface area (Å²) in [6, 6.07) is 18.3. The maximum Gasteiger partial charge on any atom is 0.230 e. The van der Waals surface area contributed by atoms with E-state index in [2.05, 4.69) is 34.5 Å². The first-order valence-corrected chi connectivity index (χ1v) is 11.1. The second-order valence-corrected chi connectivity index (χ2v) is 8.44. The highest BCUT2D eigenvalue weighted by molar-refractivity contribution is 7.99.